The summed E-state index contributed by atoms with van der Waals surface area (Å²) < 4.78 is 47.6. The van der Waals surface area contributed by atoms with Gasteiger partial charge >= 0.3 is 12.1 Å². The van der Waals surface area contributed by atoms with Crippen molar-refractivity contribution in [2.24, 2.45) is 0 Å². The number of hydrogen-bond acceptors (Lipinski definition) is 3. The van der Waals surface area contributed by atoms with Gasteiger partial charge in [-0.1, -0.05) is 30.3 Å². The van der Waals surface area contributed by atoms with Crippen LogP contribution < -0.4 is 4.74 Å². The summed E-state index contributed by atoms with van der Waals surface area (Å²) >= 11 is 0. The van der Waals surface area contributed by atoms with E-state index in [-0.39, 0.29) is 16.9 Å². The summed E-state index contributed by atoms with van der Waals surface area (Å²) in [6.45, 7) is 0. The van der Waals surface area contributed by atoms with Gasteiger partial charge in [0, 0.05) is 11.1 Å². The maximum Gasteiger partial charge on any atom is 0.437 e. The Balaban J connectivity index is 2.36. The molecule has 0 bridgehead atoms. The lowest BCUT2D eigenvalue weighted by atomic mass is 9.81. The maximum absolute atomic E-state index is 14.1. The van der Waals surface area contributed by atoms with Crippen LogP contribution >= 0.6 is 0 Å². The van der Waals surface area contributed by atoms with Crippen LogP contribution in [-0.4, -0.2) is 17.3 Å². The van der Waals surface area contributed by atoms with Gasteiger partial charge in [-0.05, 0) is 24.3 Å². The van der Waals surface area contributed by atoms with E-state index in [4.69, 9.17) is 10.00 Å². The van der Waals surface area contributed by atoms with Crippen molar-refractivity contribution >= 4 is 12.0 Å². The van der Waals surface area contributed by atoms with Gasteiger partial charge in [-0.15, -0.1) is 0 Å². The molecule has 1 unspecified atom stereocenters. The third-order valence-electron chi connectivity index (χ3n) is 3.89. The molecule has 7 heteroatoms. The van der Waals surface area contributed by atoms with E-state index < -0.39 is 28.9 Å². The van der Waals surface area contributed by atoms with Gasteiger partial charge in [0.25, 0.3) is 5.60 Å². The zero-order chi connectivity index (χ0) is 18.2. The molecule has 0 aliphatic carbocycles. The Morgan fingerprint density at radius 1 is 1.16 bits per heavy atom. The minimum atomic E-state index is -5.07. The standard InChI is InChI=1S/C18H10F3NO3/c19-18(20,21)17(13-6-3-4-11(8-13)10-22)14(16(23)24)9-12-5-1-2-7-15(12)25-17/h1-9H,(H,23,24). The van der Waals surface area contributed by atoms with Crippen molar-refractivity contribution in [1.29, 1.82) is 5.26 Å². The van der Waals surface area contributed by atoms with E-state index in [0.29, 0.717) is 0 Å². The van der Waals surface area contributed by atoms with Crippen molar-refractivity contribution in [3.8, 4) is 11.8 Å². The number of aliphatic carboxylic acids is 1. The van der Waals surface area contributed by atoms with Gasteiger partial charge in [0.05, 0.1) is 17.2 Å². The number of halogens is 3. The second-order valence-corrected chi connectivity index (χ2v) is 5.37. The number of fused-ring (bicyclic) bond motifs is 1. The van der Waals surface area contributed by atoms with Crippen LogP contribution in [0.15, 0.2) is 54.1 Å². The summed E-state index contributed by atoms with van der Waals surface area (Å²) in [6, 6.07) is 12.3. The van der Waals surface area contributed by atoms with Gasteiger partial charge in [0.1, 0.15) is 5.75 Å². The molecule has 1 aliphatic heterocycles. The van der Waals surface area contributed by atoms with Crippen LogP contribution in [0.3, 0.4) is 0 Å². The number of hydrogen-bond donors (Lipinski definition) is 1. The molecule has 1 heterocycles. The van der Waals surface area contributed by atoms with Crippen LogP contribution in [0.5, 0.6) is 5.75 Å². The normalized spacial score (nSPS) is 19.2. The predicted molar refractivity (Wildman–Crippen MR) is 81.6 cm³/mol. The highest BCUT2D eigenvalue weighted by Gasteiger charge is 2.64. The molecule has 126 valence electrons. The minimum Gasteiger partial charge on any atom is -0.478 e. The van der Waals surface area contributed by atoms with E-state index in [1.165, 1.54) is 30.3 Å². The Morgan fingerprint density at radius 3 is 2.52 bits per heavy atom. The lowest BCUT2D eigenvalue weighted by Gasteiger charge is -2.39. The van der Waals surface area contributed by atoms with Crippen molar-refractivity contribution in [3.63, 3.8) is 0 Å². The van der Waals surface area contributed by atoms with Gasteiger partial charge in [-0.25, -0.2) is 4.79 Å². The molecule has 0 amide bonds. The van der Waals surface area contributed by atoms with Gasteiger partial charge in [0.2, 0.25) is 0 Å². The van der Waals surface area contributed by atoms with Crippen molar-refractivity contribution in [1.82, 2.24) is 0 Å². The molecular weight excluding hydrogens is 335 g/mol. The number of carboxylic acid groups (broad SMARTS) is 1. The quantitative estimate of drug-likeness (QED) is 0.897. The Kier molecular flexibility index (Phi) is 3.76. The van der Waals surface area contributed by atoms with Crippen molar-refractivity contribution in [2.45, 2.75) is 11.8 Å². The lowest BCUT2D eigenvalue weighted by molar-refractivity contribution is -0.240. The smallest absolute Gasteiger partial charge is 0.437 e. The molecule has 0 spiro atoms. The molecule has 0 saturated carbocycles. The number of ether oxygens (including phenoxy) is 1. The van der Waals surface area contributed by atoms with Crippen LogP contribution in [0.4, 0.5) is 13.2 Å². The molecule has 1 aliphatic rings. The van der Waals surface area contributed by atoms with Crippen LogP contribution in [-0.2, 0) is 10.4 Å². The number of nitriles is 1. The lowest BCUT2D eigenvalue weighted by Crippen LogP contribution is -2.52. The summed E-state index contributed by atoms with van der Waals surface area (Å²) in [5.41, 5.74) is -4.44. The summed E-state index contributed by atoms with van der Waals surface area (Å²) in [7, 11) is 0. The fraction of sp³-hybridized carbons (Fsp3) is 0.111. The van der Waals surface area contributed by atoms with Crippen LogP contribution in [0.1, 0.15) is 16.7 Å². The second-order valence-electron chi connectivity index (χ2n) is 5.37. The second kappa shape index (κ2) is 5.67. The Labute approximate surface area is 140 Å². The molecule has 1 atom stereocenters. The van der Waals surface area contributed by atoms with E-state index in [0.717, 1.165) is 18.2 Å². The number of benzene rings is 2. The van der Waals surface area contributed by atoms with Crippen molar-refractivity contribution < 1.29 is 27.8 Å². The van der Waals surface area contributed by atoms with E-state index in [2.05, 4.69) is 0 Å². The number of carbonyl (C=O) groups is 1. The maximum atomic E-state index is 14.1. The van der Waals surface area contributed by atoms with Crippen molar-refractivity contribution in [2.75, 3.05) is 0 Å². The monoisotopic (exact) mass is 345 g/mol. The Morgan fingerprint density at radius 2 is 1.88 bits per heavy atom. The number of alkyl halides is 3. The number of nitrogens with zero attached hydrogens (tertiary/aromatic N) is 1. The molecule has 2 aromatic rings. The van der Waals surface area contributed by atoms with Gasteiger partial charge in [0.15, 0.2) is 0 Å². The zero-order valence-electron chi connectivity index (χ0n) is 12.5. The highest BCUT2D eigenvalue weighted by atomic mass is 19.4. The largest absolute Gasteiger partial charge is 0.478 e. The fourth-order valence-corrected chi connectivity index (χ4v) is 2.78. The third kappa shape index (κ3) is 2.52. The molecule has 2 aromatic carbocycles. The molecule has 25 heavy (non-hydrogen) atoms. The fourth-order valence-electron chi connectivity index (χ4n) is 2.78. The number of rotatable bonds is 2. The SMILES string of the molecule is N#Cc1cccc(C2(C(F)(F)F)Oc3ccccc3C=C2C(=O)O)c1. The summed E-state index contributed by atoms with van der Waals surface area (Å²) in [5.74, 6) is -1.85. The van der Waals surface area contributed by atoms with Gasteiger partial charge < -0.3 is 9.84 Å². The first kappa shape index (κ1) is 16.6. The Bertz CT molecular complexity index is 928. The predicted octanol–water partition coefficient (Wildman–Crippen LogP) is 3.88. The zero-order valence-corrected chi connectivity index (χ0v) is 12.5. The van der Waals surface area contributed by atoms with E-state index in [9.17, 15) is 23.1 Å². The average Bonchev–Trinajstić information content (AvgIpc) is 2.59. The minimum absolute atomic E-state index is 0.0340. The first-order chi connectivity index (χ1) is 11.8. The number of carboxylic acids is 1. The first-order valence-corrected chi connectivity index (χ1v) is 7.10. The molecular formula is C18H10F3NO3. The van der Waals surface area contributed by atoms with Crippen molar-refractivity contribution in [3.05, 3.63) is 70.8 Å². The first-order valence-electron chi connectivity index (χ1n) is 7.10. The van der Waals surface area contributed by atoms with E-state index in [1.807, 2.05) is 0 Å². The molecule has 0 radical (unpaired) electrons. The highest BCUT2D eigenvalue weighted by Crippen LogP contribution is 2.51. The van der Waals surface area contributed by atoms with Crippen LogP contribution in [0.25, 0.3) is 6.08 Å². The van der Waals surface area contributed by atoms with Crippen LogP contribution in [0, 0.1) is 11.3 Å². The van der Waals surface area contributed by atoms with Gasteiger partial charge in [-0.2, -0.15) is 18.4 Å². The molecule has 4 nitrogen and oxygen atoms in total. The third-order valence-corrected chi connectivity index (χ3v) is 3.89. The number of para-hydroxylation sites is 1. The summed E-state index contributed by atoms with van der Waals surface area (Å²) in [4.78, 5) is 11.6. The molecule has 0 fully saturated rings. The van der Waals surface area contributed by atoms with Crippen LogP contribution in [0.2, 0.25) is 0 Å². The van der Waals surface area contributed by atoms with E-state index in [1.54, 1.807) is 12.1 Å². The molecule has 3 rings (SSSR count). The highest BCUT2D eigenvalue weighted by molar-refractivity contribution is 5.96. The Hall–Kier alpha value is -3.27. The summed E-state index contributed by atoms with van der Waals surface area (Å²) in [6.07, 6.45) is -4.12. The summed E-state index contributed by atoms with van der Waals surface area (Å²) in [5, 5.41) is 18.4. The van der Waals surface area contributed by atoms with Gasteiger partial charge in [-0.3, -0.25) is 0 Å². The average molecular weight is 345 g/mol. The molecule has 1 N–H and O–H groups in total. The van der Waals surface area contributed by atoms with E-state index >= 15 is 0 Å². The topological polar surface area (TPSA) is 70.3 Å². The molecule has 0 saturated heterocycles. The molecule has 0 aromatic heterocycles.